The van der Waals surface area contributed by atoms with Gasteiger partial charge < -0.3 is 20.3 Å². The molecule has 1 aliphatic heterocycles. The number of hydrogen-bond donors (Lipinski definition) is 3. The number of aliphatic hydroxyl groups is 1. The normalized spacial score (nSPS) is 18.2. The monoisotopic (exact) mass is 299 g/mol. The molecule has 8 nitrogen and oxygen atoms in total. The van der Waals surface area contributed by atoms with Gasteiger partial charge in [-0.05, 0) is 25.0 Å². The molecular weight excluding hydrogens is 282 g/mol. The average molecular weight is 299 g/mol. The summed E-state index contributed by atoms with van der Waals surface area (Å²) in [6.45, 7) is 0.984. The van der Waals surface area contributed by atoms with E-state index < -0.39 is 0 Å². The highest BCUT2D eigenvalue weighted by molar-refractivity contribution is 5.72. The van der Waals surface area contributed by atoms with Gasteiger partial charge in [0.25, 0.3) is 0 Å². The second-order valence-electron chi connectivity index (χ2n) is 5.36. The SMILES string of the molecule is OC[C@@H]1CCCN1c1nc(Nc2cnc[nH]2)c2cccn2n1. The lowest BCUT2D eigenvalue weighted by atomic mass is 10.2. The summed E-state index contributed by atoms with van der Waals surface area (Å²) in [5, 5.41) is 17.3. The highest BCUT2D eigenvalue weighted by Gasteiger charge is 2.27. The number of hydrogen-bond acceptors (Lipinski definition) is 6. The van der Waals surface area contributed by atoms with Crippen LogP contribution in [0.3, 0.4) is 0 Å². The van der Waals surface area contributed by atoms with E-state index in [1.807, 2.05) is 18.3 Å². The van der Waals surface area contributed by atoms with E-state index in [1.165, 1.54) is 0 Å². The molecule has 22 heavy (non-hydrogen) atoms. The van der Waals surface area contributed by atoms with Crippen LogP contribution in [0.25, 0.3) is 5.52 Å². The Bertz CT molecular complexity index is 767. The van der Waals surface area contributed by atoms with Crippen molar-refractivity contribution in [1.82, 2.24) is 24.6 Å². The number of aromatic amines is 1. The highest BCUT2D eigenvalue weighted by atomic mass is 16.3. The number of nitrogens with one attached hydrogen (secondary N) is 2. The van der Waals surface area contributed by atoms with Crippen LogP contribution >= 0.6 is 0 Å². The number of aliphatic hydroxyl groups excluding tert-OH is 1. The van der Waals surface area contributed by atoms with Gasteiger partial charge in [0.15, 0.2) is 5.82 Å². The Morgan fingerprint density at radius 1 is 1.45 bits per heavy atom. The topological polar surface area (TPSA) is 94.4 Å². The number of fused-ring (bicyclic) bond motifs is 1. The molecule has 1 aliphatic rings. The Morgan fingerprint density at radius 3 is 3.23 bits per heavy atom. The molecule has 3 aromatic heterocycles. The predicted octanol–water partition coefficient (Wildman–Crippen LogP) is 1.16. The summed E-state index contributed by atoms with van der Waals surface area (Å²) in [6.07, 6.45) is 7.22. The lowest BCUT2D eigenvalue weighted by Gasteiger charge is -2.23. The fourth-order valence-corrected chi connectivity index (χ4v) is 2.88. The third-order valence-corrected chi connectivity index (χ3v) is 3.98. The van der Waals surface area contributed by atoms with E-state index in [4.69, 9.17) is 0 Å². The molecule has 0 radical (unpaired) electrons. The first-order valence-electron chi connectivity index (χ1n) is 7.33. The summed E-state index contributed by atoms with van der Waals surface area (Å²) in [6, 6.07) is 3.98. The van der Waals surface area contributed by atoms with Crippen LogP contribution in [-0.2, 0) is 0 Å². The summed E-state index contributed by atoms with van der Waals surface area (Å²) in [7, 11) is 0. The molecule has 0 aliphatic carbocycles. The van der Waals surface area contributed by atoms with Gasteiger partial charge in [-0.15, -0.1) is 5.10 Å². The molecule has 4 heterocycles. The molecule has 3 aromatic rings. The molecule has 3 N–H and O–H groups in total. The van der Waals surface area contributed by atoms with Gasteiger partial charge in [0.05, 0.1) is 25.2 Å². The third kappa shape index (κ3) is 2.17. The summed E-state index contributed by atoms with van der Waals surface area (Å²) in [5.41, 5.74) is 0.887. The summed E-state index contributed by atoms with van der Waals surface area (Å²) in [4.78, 5) is 13.7. The molecule has 0 saturated carbocycles. The molecule has 0 bridgehead atoms. The fraction of sp³-hybridized carbons (Fsp3) is 0.357. The fourth-order valence-electron chi connectivity index (χ4n) is 2.88. The van der Waals surface area contributed by atoms with Crippen molar-refractivity contribution in [2.75, 3.05) is 23.4 Å². The van der Waals surface area contributed by atoms with Crippen molar-refractivity contribution in [3.05, 3.63) is 30.9 Å². The van der Waals surface area contributed by atoms with Crippen molar-refractivity contribution < 1.29 is 5.11 Å². The minimum absolute atomic E-state index is 0.0908. The molecule has 114 valence electrons. The van der Waals surface area contributed by atoms with Crippen LogP contribution in [0.4, 0.5) is 17.6 Å². The van der Waals surface area contributed by atoms with Crippen LogP contribution in [-0.4, -0.2) is 48.9 Å². The van der Waals surface area contributed by atoms with E-state index in [2.05, 4.69) is 30.3 Å². The number of H-pyrrole nitrogens is 1. The summed E-state index contributed by atoms with van der Waals surface area (Å²) < 4.78 is 1.80. The van der Waals surface area contributed by atoms with Crippen LogP contribution in [0.2, 0.25) is 0 Å². The first-order valence-corrected chi connectivity index (χ1v) is 7.33. The maximum absolute atomic E-state index is 9.51. The smallest absolute Gasteiger partial charge is 0.245 e. The number of aromatic nitrogens is 5. The van der Waals surface area contributed by atoms with E-state index >= 15 is 0 Å². The van der Waals surface area contributed by atoms with Crippen LogP contribution < -0.4 is 10.2 Å². The highest BCUT2D eigenvalue weighted by Crippen LogP contribution is 2.26. The molecular formula is C14H17N7O. The number of rotatable bonds is 4. The first kappa shape index (κ1) is 13.1. The zero-order chi connectivity index (χ0) is 14.9. The molecule has 1 atom stereocenters. The molecule has 1 saturated heterocycles. The minimum Gasteiger partial charge on any atom is -0.394 e. The molecule has 0 spiro atoms. The van der Waals surface area contributed by atoms with Gasteiger partial charge in [0.2, 0.25) is 5.95 Å². The molecule has 0 aromatic carbocycles. The van der Waals surface area contributed by atoms with E-state index in [9.17, 15) is 5.11 Å². The van der Waals surface area contributed by atoms with Gasteiger partial charge in [-0.1, -0.05) is 0 Å². The standard InChI is InChI=1S/C14H17N7O/c22-8-10-3-1-5-20(10)14-18-13(17-12-7-15-9-16-12)11-4-2-6-21(11)19-14/h2,4,6-7,9-10,22H,1,3,5,8H2,(H,15,16)(H,17,18,19)/t10-/m0/s1. The Balaban J connectivity index is 1.76. The third-order valence-electron chi connectivity index (χ3n) is 3.98. The predicted molar refractivity (Wildman–Crippen MR) is 82.3 cm³/mol. The Kier molecular flexibility index (Phi) is 3.15. The quantitative estimate of drug-likeness (QED) is 0.669. The van der Waals surface area contributed by atoms with Gasteiger partial charge in [-0.2, -0.15) is 4.98 Å². The molecule has 0 unspecified atom stereocenters. The first-order chi connectivity index (χ1) is 10.8. The van der Waals surface area contributed by atoms with Crippen molar-refractivity contribution in [3.63, 3.8) is 0 Å². The minimum atomic E-state index is 0.0908. The zero-order valence-corrected chi connectivity index (χ0v) is 12.0. The molecule has 4 rings (SSSR count). The van der Waals surface area contributed by atoms with Crippen LogP contribution in [0.5, 0.6) is 0 Å². The second kappa shape index (κ2) is 5.30. The Labute approximate surface area is 126 Å². The lowest BCUT2D eigenvalue weighted by Crippen LogP contribution is -2.34. The van der Waals surface area contributed by atoms with Crippen molar-refractivity contribution in [3.8, 4) is 0 Å². The molecule has 0 amide bonds. The maximum Gasteiger partial charge on any atom is 0.245 e. The summed E-state index contributed by atoms with van der Waals surface area (Å²) >= 11 is 0. The van der Waals surface area contributed by atoms with Gasteiger partial charge >= 0.3 is 0 Å². The van der Waals surface area contributed by atoms with Crippen LogP contribution in [0.1, 0.15) is 12.8 Å². The van der Waals surface area contributed by atoms with Gasteiger partial charge in [-0.3, -0.25) is 0 Å². The Morgan fingerprint density at radius 2 is 2.41 bits per heavy atom. The van der Waals surface area contributed by atoms with E-state index in [-0.39, 0.29) is 12.6 Å². The average Bonchev–Trinajstić information content (AvgIpc) is 3.27. The van der Waals surface area contributed by atoms with E-state index in [0.717, 1.165) is 30.7 Å². The van der Waals surface area contributed by atoms with Gasteiger partial charge in [-0.25, -0.2) is 9.50 Å². The molecule has 1 fully saturated rings. The van der Waals surface area contributed by atoms with E-state index in [0.29, 0.717) is 11.8 Å². The number of anilines is 3. The largest absolute Gasteiger partial charge is 0.394 e. The van der Waals surface area contributed by atoms with Crippen molar-refractivity contribution >= 4 is 23.1 Å². The second-order valence-corrected chi connectivity index (χ2v) is 5.36. The number of imidazole rings is 1. The zero-order valence-electron chi connectivity index (χ0n) is 12.0. The molecule has 8 heteroatoms. The maximum atomic E-state index is 9.51. The summed E-state index contributed by atoms with van der Waals surface area (Å²) in [5.74, 6) is 2.11. The number of nitrogens with zero attached hydrogens (tertiary/aromatic N) is 5. The Hall–Kier alpha value is -2.61. The lowest BCUT2D eigenvalue weighted by molar-refractivity contribution is 0.265. The van der Waals surface area contributed by atoms with Gasteiger partial charge in [0.1, 0.15) is 11.3 Å². The van der Waals surface area contributed by atoms with Crippen LogP contribution in [0.15, 0.2) is 30.9 Å². The van der Waals surface area contributed by atoms with Crippen LogP contribution in [0, 0.1) is 0 Å². The van der Waals surface area contributed by atoms with Gasteiger partial charge in [0, 0.05) is 12.7 Å². The van der Waals surface area contributed by atoms with E-state index in [1.54, 1.807) is 17.0 Å². The van der Waals surface area contributed by atoms with Crippen molar-refractivity contribution in [2.24, 2.45) is 0 Å². The van der Waals surface area contributed by atoms with Crippen molar-refractivity contribution in [2.45, 2.75) is 18.9 Å². The van der Waals surface area contributed by atoms with Crippen molar-refractivity contribution in [1.29, 1.82) is 0 Å².